The minimum atomic E-state index is -4.83. The minimum absolute atomic E-state index is 0.0252. The van der Waals surface area contributed by atoms with Gasteiger partial charge in [-0.15, -0.1) is 0 Å². The normalized spacial score (nSPS) is 27.1. The third-order valence-corrected chi connectivity index (χ3v) is 15.0. The second-order valence-corrected chi connectivity index (χ2v) is 18.4. The van der Waals surface area contributed by atoms with Crippen LogP contribution in [0.5, 0.6) is 0 Å². The van der Waals surface area contributed by atoms with Gasteiger partial charge in [0.2, 0.25) is 23.6 Å². The number of rotatable bonds is 7. The van der Waals surface area contributed by atoms with E-state index >= 15 is 0 Å². The van der Waals surface area contributed by atoms with E-state index in [1.807, 2.05) is 0 Å². The van der Waals surface area contributed by atoms with Gasteiger partial charge in [-0.1, -0.05) is 61.0 Å². The molecule has 4 aliphatic heterocycles. The van der Waals surface area contributed by atoms with Crippen molar-refractivity contribution in [2.75, 3.05) is 32.7 Å². The summed E-state index contributed by atoms with van der Waals surface area (Å²) in [5.41, 5.74) is -4.19. The van der Waals surface area contributed by atoms with Crippen LogP contribution in [0.3, 0.4) is 0 Å². The Bertz CT molecular complexity index is 2370. The Morgan fingerprint density at radius 3 is 2.42 bits per heavy atom. The molecule has 4 amide bonds. The third-order valence-electron chi connectivity index (χ3n) is 11.2. The average Bonchev–Trinajstić information content (AvgIpc) is 3.76. The summed E-state index contributed by atoms with van der Waals surface area (Å²) in [6.45, 7) is 1.43. The molecule has 3 atom stereocenters. The molecular weight excluding hydrogens is 746 g/mol. The number of halogens is 1. The number of imide groups is 1. The maximum Gasteiger partial charge on any atom is 0.269 e. The van der Waals surface area contributed by atoms with Gasteiger partial charge in [0.1, 0.15) is 0 Å². The molecule has 53 heavy (non-hydrogen) atoms. The van der Waals surface area contributed by atoms with Gasteiger partial charge in [0, 0.05) is 36.3 Å². The molecule has 0 radical (unpaired) electrons. The van der Waals surface area contributed by atoms with E-state index in [1.165, 1.54) is 53.4 Å². The number of piperazine rings is 1. The largest absolute Gasteiger partial charge is 0.346 e. The summed E-state index contributed by atoms with van der Waals surface area (Å²) in [7, 11) is -9.35. The Balaban J connectivity index is 1.25. The molecule has 4 fully saturated rings. The van der Waals surface area contributed by atoms with Gasteiger partial charge >= 0.3 is 0 Å². The van der Waals surface area contributed by atoms with Crippen LogP contribution in [0.2, 0.25) is 5.02 Å². The van der Waals surface area contributed by atoms with Crippen molar-refractivity contribution in [1.29, 1.82) is 0 Å². The molecule has 278 valence electrons. The lowest BCUT2D eigenvalue weighted by molar-refractivity contribution is -0.193. The molecule has 0 bridgehead atoms. The first kappa shape index (κ1) is 35.7. The lowest BCUT2D eigenvalue weighted by Gasteiger charge is -2.48. The van der Waals surface area contributed by atoms with E-state index in [1.54, 1.807) is 42.2 Å². The molecule has 0 saturated carbocycles. The van der Waals surface area contributed by atoms with Crippen molar-refractivity contribution in [2.24, 2.45) is 11.3 Å². The maximum absolute atomic E-state index is 14.9. The summed E-state index contributed by atoms with van der Waals surface area (Å²) >= 11 is 6.26. The Kier molecular flexibility index (Phi) is 8.31. The van der Waals surface area contributed by atoms with Crippen molar-refractivity contribution in [3.63, 3.8) is 0 Å². The summed E-state index contributed by atoms with van der Waals surface area (Å²) in [5, 5.41) is 2.28. The van der Waals surface area contributed by atoms with Crippen molar-refractivity contribution >= 4 is 66.2 Å². The van der Waals surface area contributed by atoms with Gasteiger partial charge < -0.3 is 14.5 Å². The summed E-state index contributed by atoms with van der Waals surface area (Å²) < 4.78 is 67.0. The van der Waals surface area contributed by atoms with Crippen LogP contribution in [0.25, 0.3) is 10.9 Å². The lowest BCUT2D eigenvalue weighted by Crippen LogP contribution is -2.65. The summed E-state index contributed by atoms with van der Waals surface area (Å²) in [5.74, 6) is -2.71. The molecule has 5 aliphatic rings. The van der Waals surface area contributed by atoms with Gasteiger partial charge in [-0.3, -0.25) is 24.5 Å². The fraction of sp³-hybridized carbons (Fsp3) is 0.389. The van der Waals surface area contributed by atoms with Crippen LogP contribution in [0, 0.1) is 11.3 Å². The molecule has 5 heterocycles. The molecule has 8 rings (SSSR count). The number of ether oxygens (including phenoxy) is 1. The van der Waals surface area contributed by atoms with E-state index in [-0.39, 0.29) is 39.7 Å². The van der Waals surface area contributed by atoms with Crippen LogP contribution >= 0.6 is 11.6 Å². The first-order chi connectivity index (χ1) is 25.1. The van der Waals surface area contributed by atoms with E-state index in [9.17, 15) is 36.0 Å². The number of nitrogens with zero attached hydrogens (tertiary/aromatic N) is 4. The molecule has 4 saturated heterocycles. The molecule has 17 heteroatoms. The molecular formula is C36H36ClN5O9S2. The first-order valence-electron chi connectivity index (χ1n) is 17.3. The molecule has 1 spiro atoms. The number of carbonyl (C=O) groups excluding carboxylic acids is 4. The number of hydrogen-bond acceptors (Lipinski definition) is 9. The van der Waals surface area contributed by atoms with E-state index < -0.39 is 78.5 Å². The van der Waals surface area contributed by atoms with E-state index in [0.717, 1.165) is 8.28 Å². The smallest absolute Gasteiger partial charge is 0.269 e. The highest BCUT2D eigenvalue weighted by Gasteiger charge is 2.66. The highest BCUT2D eigenvalue weighted by molar-refractivity contribution is 7.92. The predicted octanol–water partition coefficient (Wildman–Crippen LogP) is 2.64. The predicted molar refractivity (Wildman–Crippen MR) is 191 cm³/mol. The molecule has 1 aromatic heterocycles. The molecule has 14 nitrogen and oxygen atoms in total. The molecule has 2 aromatic carbocycles. The maximum atomic E-state index is 14.9. The third kappa shape index (κ3) is 5.48. The second kappa shape index (κ2) is 12.3. The first-order valence-corrected chi connectivity index (χ1v) is 20.5. The minimum Gasteiger partial charge on any atom is -0.346 e. The number of nitrogens with one attached hydrogen (secondary N) is 1. The van der Waals surface area contributed by atoms with Crippen molar-refractivity contribution in [3.8, 4) is 0 Å². The van der Waals surface area contributed by atoms with Gasteiger partial charge in [0.15, 0.2) is 10.8 Å². The van der Waals surface area contributed by atoms with Gasteiger partial charge in [-0.2, -0.15) is 4.31 Å². The monoisotopic (exact) mass is 781 g/mol. The molecule has 1 N–H and O–H groups in total. The highest BCUT2D eigenvalue weighted by Crippen LogP contribution is 2.53. The number of fused-ring (bicyclic) bond motifs is 3. The highest BCUT2D eigenvalue weighted by atomic mass is 35.5. The van der Waals surface area contributed by atoms with E-state index in [0.29, 0.717) is 32.4 Å². The van der Waals surface area contributed by atoms with Crippen molar-refractivity contribution in [2.45, 2.75) is 53.9 Å². The average molecular weight is 782 g/mol. The SMILES string of the molecule is CCC(=O)N1CCC2(CC1)CN1C(=O)CN(S(=O)(=O)c3cc4cc(Cl)ccc4n3S(=O)(=O)c3ccccc3)CC1(CC13C=CC=CC1C(=O)NC3=O)O2. The van der Waals surface area contributed by atoms with Crippen molar-refractivity contribution in [1.82, 2.24) is 23.4 Å². The number of benzene rings is 2. The van der Waals surface area contributed by atoms with Crippen LogP contribution in [-0.2, 0) is 44.0 Å². The molecule has 3 unspecified atom stereocenters. The van der Waals surface area contributed by atoms with Crippen LogP contribution in [0.15, 0.2) is 88.8 Å². The number of likely N-dealkylation sites (tertiary alicyclic amines) is 1. The zero-order chi connectivity index (χ0) is 37.6. The van der Waals surface area contributed by atoms with Crippen LogP contribution < -0.4 is 5.32 Å². The van der Waals surface area contributed by atoms with Gasteiger partial charge in [-0.25, -0.2) is 20.8 Å². The summed E-state index contributed by atoms with van der Waals surface area (Å²) in [6.07, 6.45) is 7.22. The Labute approximate surface area is 311 Å². The Morgan fingerprint density at radius 1 is 0.962 bits per heavy atom. The quantitative estimate of drug-likeness (QED) is 0.354. The number of hydrogen-bond donors (Lipinski definition) is 1. The van der Waals surface area contributed by atoms with Crippen molar-refractivity contribution in [3.05, 3.63) is 83.9 Å². The van der Waals surface area contributed by atoms with Crippen LogP contribution in [-0.4, -0.2) is 103 Å². The number of amides is 4. The standard InChI is InChI=1S/C36H36ClN5O9S2/c1-2-29(43)39-16-14-34(15-17-39)22-41-30(44)20-40(23-36(41,51-34)21-35-13-7-6-10-27(35)32(45)38-33(35)46)53(49,50)31-19-24-18-25(37)11-12-28(24)42(31)52(47,48)26-8-4-3-5-9-26/h3-13,18-19,27H,2,14-17,20-23H2,1H3,(H,38,45,46). The van der Waals surface area contributed by atoms with Gasteiger partial charge in [0.25, 0.3) is 20.0 Å². The number of allylic oxidation sites excluding steroid dienone is 2. The zero-order valence-electron chi connectivity index (χ0n) is 28.6. The Morgan fingerprint density at radius 2 is 1.70 bits per heavy atom. The van der Waals surface area contributed by atoms with Gasteiger partial charge in [-0.05, 0) is 49.2 Å². The number of sulfonamides is 1. The fourth-order valence-electron chi connectivity index (χ4n) is 8.55. The van der Waals surface area contributed by atoms with Crippen LogP contribution in [0.4, 0.5) is 0 Å². The van der Waals surface area contributed by atoms with Crippen LogP contribution in [0.1, 0.15) is 32.6 Å². The van der Waals surface area contributed by atoms with Crippen molar-refractivity contribution < 1.29 is 40.8 Å². The number of piperidine rings is 1. The fourth-order valence-corrected chi connectivity index (χ4v) is 12.2. The number of carbonyl (C=O) groups is 4. The topological polar surface area (TPSA) is 172 Å². The molecule has 3 aromatic rings. The van der Waals surface area contributed by atoms with E-state index in [2.05, 4.69) is 5.32 Å². The summed E-state index contributed by atoms with van der Waals surface area (Å²) in [4.78, 5) is 56.7. The Hall–Kier alpha value is -4.35. The summed E-state index contributed by atoms with van der Waals surface area (Å²) in [6, 6.07) is 12.9. The molecule has 1 aliphatic carbocycles. The second-order valence-electron chi connectivity index (χ2n) is 14.2. The zero-order valence-corrected chi connectivity index (χ0v) is 31.0. The number of aromatic nitrogens is 1. The van der Waals surface area contributed by atoms with Gasteiger partial charge in [0.05, 0.1) is 47.0 Å². The van der Waals surface area contributed by atoms with E-state index in [4.69, 9.17) is 16.3 Å². The lowest BCUT2D eigenvalue weighted by atomic mass is 9.69.